The number of amides is 1. The molecule has 102 valence electrons. The van der Waals surface area contributed by atoms with Crippen LogP contribution in [0.4, 0.5) is 5.69 Å². The van der Waals surface area contributed by atoms with Gasteiger partial charge >= 0.3 is 5.97 Å². The van der Waals surface area contributed by atoms with Crippen molar-refractivity contribution in [1.29, 1.82) is 0 Å². The molecule has 0 atom stereocenters. The number of phenolic OH excluding ortho intramolecular Hbond substituents is 1. The molecule has 0 aliphatic rings. The van der Waals surface area contributed by atoms with Crippen LogP contribution in [0.2, 0.25) is 0 Å². The number of hydrogen-bond acceptors (Lipinski definition) is 3. The molecule has 2 rings (SSSR count). The highest BCUT2D eigenvalue weighted by Crippen LogP contribution is 2.25. The van der Waals surface area contributed by atoms with Crippen LogP contribution in [-0.2, 0) is 0 Å². The SMILES string of the molecule is O=C(O)c1ccc(NC(=O)c2ccc(Br)cc2)c(O)c1. The molecule has 0 heterocycles. The van der Waals surface area contributed by atoms with E-state index in [0.29, 0.717) is 5.56 Å². The van der Waals surface area contributed by atoms with Gasteiger partial charge in [0.25, 0.3) is 5.91 Å². The van der Waals surface area contributed by atoms with Crippen LogP contribution in [0.15, 0.2) is 46.9 Å². The predicted molar refractivity (Wildman–Crippen MR) is 77.2 cm³/mol. The number of carbonyl (C=O) groups is 2. The second-order valence-electron chi connectivity index (χ2n) is 4.00. The minimum atomic E-state index is -1.15. The van der Waals surface area contributed by atoms with Gasteiger partial charge in [0.2, 0.25) is 0 Å². The Balaban J connectivity index is 2.19. The summed E-state index contributed by atoms with van der Waals surface area (Å²) in [7, 11) is 0. The molecular formula is C14H10BrNO4. The summed E-state index contributed by atoms with van der Waals surface area (Å²) < 4.78 is 0.850. The van der Waals surface area contributed by atoms with E-state index in [-0.39, 0.29) is 17.0 Å². The molecule has 6 heteroatoms. The second kappa shape index (κ2) is 5.75. The van der Waals surface area contributed by atoms with E-state index in [4.69, 9.17) is 5.11 Å². The van der Waals surface area contributed by atoms with Crippen molar-refractivity contribution < 1.29 is 19.8 Å². The lowest BCUT2D eigenvalue weighted by atomic mass is 10.1. The zero-order chi connectivity index (χ0) is 14.7. The average molecular weight is 336 g/mol. The number of carbonyl (C=O) groups excluding carboxylic acids is 1. The van der Waals surface area contributed by atoms with E-state index in [1.54, 1.807) is 24.3 Å². The number of benzene rings is 2. The fourth-order valence-corrected chi connectivity index (χ4v) is 1.83. The molecule has 0 spiro atoms. The third kappa shape index (κ3) is 3.16. The van der Waals surface area contributed by atoms with Crippen molar-refractivity contribution in [3.05, 3.63) is 58.1 Å². The van der Waals surface area contributed by atoms with Gasteiger partial charge in [-0.3, -0.25) is 4.79 Å². The Morgan fingerprint density at radius 2 is 1.60 bits per heavy atom. The van der Waals surface area contributed by atoms with E-state index in [2.05, 4.69) is 21.2 Å². The molecule has 20 heavy (non-hydrogen) atoms. The van der Waals surface area contributed by atoms with Gasteiger partial charge in [0, 0.05) is 10.0 Å². The number of hydrogen-bond donors (Lipinski definition) is 3. The lowest BCUT2D eigenvalue weighted by Crippen LogP contribution is -2.12. The minimum Gasteiger partial charge on any atom is -0.506 e. The molecule has 0 saturated heterocycles. The van der Waals surface area contributed by atoms with Gasteiger partial charge in [-0.25, -0.2) is 4.79 Å². The fraction of sp³-hybridized carbons (Fsp3) is 0. The van der Waals surface area contributed by atoms with E-state index >= 15 is 0 Å². The van der Waals surface area contributed by atoms with E-state index in [1.165, 1.54) is 12.1 Å². The van der Waals surface area contributed by atoms with Crippen molar-refractivity contribution in [3.8, 4) is 5.75 Å². The molecule has 1 amide bonds. The molecule has 0 bridgehead atoms. The molecule has 5 nitrogen and oxygen atoms in total. The average Bonchev–Trinajstić information content (AvgIpc) is 2.41. The van der Waals surface area contributed by atoms with Crippen LogP contribution < -0.4 is 5.32 Å². The van der Waals surface area contributed by atoms with Crippen LogP contribution in [-0.4, -0.2) is 22.1 Å². The summed E-state index contributed by atoms with van der Waals surface area (Å²) in [6.45, 7) is 0. The summed E-state index contributed by atoms with van der Waals surface area (Å²) in [6, 6.07) is 10.4. The number of aromatic carboxylic acids is 1. The van der Waals surface area contributed by atoms with E-state index < -0.39 is 11.9 Å². The summed E-state index contributed by atoms with van der Waals surface area (Å²) >= 11 is 3.27. The number of halogens is 1. The van der Waals surface area contributed by atoms with E-state index in [1.807, 2.05) is 0 Å². The molecule has 0 aromatic heterocycles. The van der Waals surface area contributed by atoms with Gasteiger partial charge in [-0.15, -0.1) is 0 Å². The number of nitrogens with one attached hydrogen (secondary N) is 1. The zero-order valence-electron chi connectivity index (χ0n) is 10.1. The van der Waals surface area contributed by atoms with Crippen molar-refractivity contribution >= 4 is 33.5 Å². The maximum atomic E-state index is 11.9. The highest BCUT2D eigenvalue weighted by atomic mass is 79.9. The predicted octanol–water partition coefficient (Wildman–Crippen LogP) is 3.11. The minimum absolute atomic E-state index is 0.0517. The highest BCUT2D eigenvalue weighted by Gasteiger charge is 2.11. The van der Waals surface area contributed by atoms with Gasteiger partial charge in [0.15, 0.2) is 0 Å². The number of aromatic hydroxyl groups is 1. The first-order chi connectivity index (χ1) is 9.47. The Morgan fingerprint density at radius 3 is 2.15 bits per heavy atom. The van der Waals surface area contributed by atoms with Crippen molar-refractivity contribution in [2.45, 2.75) is 0 Å². The maximum Gasteiger partial charge on any atom is 0.335 e. The summed E-state index contributed by atoms with van der Waals surface area (Å²) in [5.74, 6) is -1.84. The number of carboxylic acids is 1. The van der Waals surface area contributed by atoms with Gasteiger partial charge in [0.1, 0.15) is 5.75 Å². The smallest absolute Gasteiger partial charge is 0.335 e. The third-order valence-electron chi connectivity index (χ3n) is 2.60. The molecular weight excluding hydrogens is 326 g/mol. The first-order valence-electron chi connectivity index (χ1n) is 5.60. The van der Waals surface area contributed by atoms with Gasteiger partial charge in [-0.1, -0.05) is 15.9 Å². The molecule has 0 saturated carbocycles. The molecule has 0 aliphatic heterocycles. The van der Waals surface area contributed by atoms with Crippen molar-refractivity contribution in [1.82, 2.24) is 0 Å². The van der Waals surface area contributed by atoms with Crippen molar-refractivity contribution in [2.24, 2.45) is 0 Å². The quantitative estimate of drug-likeness (QED) is 0.752. The number of carboxylic acid groups (broad SMARTS) is 1. The standard InChI is InChI=1S/C14H10BrNO4/c15-10-4-1-8(2-5-10)13(18)16-11-6-3-9(14(19)20)7-12(11)17/h1-7,17H,(H,16,18)(H,19,20). The fourth-order valence-electron chi connectivity index (χ4n) is 1.57. The summed E-state index contributed by atoms with van der Waals surface area (Å²) in [6.07, 6.45) is 0. The Morgan fingerprint density at radius 1 is 1.00 bits per heavy atom. The van der Waals surface area contributed by atoms with Crippen LogP contribution in [0.5, 0.6) is 5.75 Å². The molecule has 0 radical (unpaired) electrons. The summed E-state index contributed by atoms with van der Waals surface area (Å²) in [5.41, 5.74) is 0.530. The number of phenols is 1. The molecule has 0 fully saturated rings. The second-order valence-corrected chi connectivity index (χ2v) is 4.91. The van der Waals surface area contributed by atoms with Crippen molar-refractivity contribution in [3.63, 3.8) is 0 Å². The van der Waals surface area contributed by atoms with Gasteiger partial charge in [-0.2, -0.15) is 0 Å². The maximum absolute atomic E-state index is 11.9. The Kier molecular flexibility index (Phi) is 4.05. The molecule has 0 unspecified atom stereocenters. The zero-order valence-corrected chi connectivity index (χ0v) is 11.7. The summed E-state index contributed by atoms with van der Waals surface area (Å²) in [4.78, 5) is 22.7. The topological polar surface area (TPSA) is 86.6 Å². The summed E-state index contributed by atoms with van der Waals surface area (Å²) in [5, 5.41) is 21.0. The van der Waals surface area contributed by atoms with E-state index in [0.717, 1.165) is 10.5 Å². The van der Waals surface area contributed by atoms with Gasteiger partial charge < -0.3 is 15.5 Å². The highest BCUT2D eigenvalue weighted by molar-refractivity contribution is 9.10. The van der Waals surface area contributed by atoms with Gasteiger partial charge in [0.05, 0.1) is 11.3 Å². The van der Waals surface area contributed by atoms with Gasteiger partial charge in [-0.05, 0) is 42.5 Å². The molecule has 0 aliphatic carbocycles. The van der Waals surface area contributed by atoms with Crippen LogP contribution in [0, 0.1) is 0 Å². The first kappa shape index (κ1) is 14.1. The third-order valence-corrected chi connectivity index (χ3v) is 3.13. The van der Waals surface area contributed by atoms with Crippen LogP contribution in [0.25, 0.3) is 0 Å². The van der Waals surface area contributed by atoms with Crippen molar-refractivity contribution in [2.75, 3.05) is 5.32 Å². The molecule has 2 aromatic carbocycles. The molecule has 3 N–H and O–H groups in total. The monoisotopic (exact) mass is 335 g/mol. The first-order valence-corrected chi connectivity index (χ1v) is 6.40. The Labute approximate surface area is 123 Å². The number of anilines is 1. The van der Waals surface area contributed by atoms with Crippen LogP contribution in [0.1, 0.15) is 20.7 Å². The Hall–Kier alpha value is -2.34. The Bertz CT molecular complexity index is 667. The van der Waals surface area contributed by atoms with Crippen LogP contribution in [0.3, 0.4) is 0 Å². The van der Waals surface area contributed by atoms with Crippen LogP contribution >= 0.6 is 15.9 Å². The van der Waals surface area contributed by atoms with E-state index in [9.17, 15) is 14.7 Å². The lowest BCUT2D eigenvalue weighted by molar-refractivity contribution is 0.0696. The largest absolute Gasteiger partial charge is 0.506 e. The lowest BCUT2D eigenvalue weighted by Gasteiger charge is -2.08. The number of rotatable bonds is 3. The normalized spacial score (nSPS) is 10.1. The molecule has 2 aromatic rings.